The molecule has 182 valence electrons. The Morgan fingerprint density at radius 3 is 2.29 bits per heavy atom. The molecule has 35 heavy (non-hydrogen) atoms. The Kier molecular flexibility index (Phi) is 8.78. The quantitative estimate of drug-likeness (QED) is 0.433. The molecular weight excluding hydrogens is 464 g/mol. The number of ether oxygens (including phenoxy) is 2. The van der Waals surface area contributed by atoms with Gasteiger partial charge in [0.25, 0.3) is 0 Å². The molecule has 1 amide bonds. The first kappa shape index (κ1) is 24.8. The van der Waals surface area contributed by atoms with Crippen molar-refractivity contribution in [1.82, 2.24) is 4.90 Å². The van der Waals surface area contributed by atoms with E-state index in [4.69, 9.17) is 9.47 Å². The number of carbonyl (C=O) groups excluding carboxylic acids is 1. The van der Waals surface area contributed by atoms with Crippen LogP contribution in [0.3, 0.4) is 0 Å². The van der Waals surface area contributed by atoms with Crippen LogP contribution < -0.4 is 10.1 Å². The van der Waals surface area contributed by atoms with Crippen molar-refractivity contribution in [3.8, 4) is 5.75 Å². The van der Waals surface area contributed by atoms with Crippen LogP contribution in [0, 0.1) is 0 Å². The van der Waals surface area contributed by atoms with E-state index in [1.165, 1.54) is 6.07 Å². The smallest absolute Gasteiger partial charge is 0.337 e. The highest BCUT2D eigenvalue weighted by molar-refractivity contribution is 7.99. The fourth-order valence-corrected chi connectivity index (χ4v) is 4.51. The molecule has 4 rings (SSSR count). The number of carboxylic acid groups (broad SMARTS) is 1. The van der Waals surface area contributed by atoms with Gasteiger partial charge in [-0.15, -0.1) is 0 Å². The van der Waals surface area contributed by atoms with E-state index in [0.29, 0.717) is 12.3 Å². The summed E-state index contributed by atoms with van der Waals surface area (Å²) in [7, 11) is 0. The number of hydrogen-bond acceptors (Lipinski definition) is 6. The zero-order chi connectivity index (χ0) is 24.5. The number of nitrogens with zero attached hydrogens (tertiary/aromatic N) is 1. The van der Waals surface area contributed by atoms with Gasteiger partial charge in [0.15, 0.2) is 0 Å². The number of amides is 1. The van der Waals surface area contributed by atoms with Crippen molar-refractivity contribution in [2.45, 2.75) is 16.2 Å². The number of anilines is 1. The maximum atomic E-state index is 12.4. The Morgan fingerprint density at radius 1 is 0.943 bits per heavy atom. The first-order chi connectivity index (χ1) is 17.1. The van der Waals surface area contributed by atoms with Crippen molar-refractivity contribution >= 4 is 29.3 Å². The second kappa shape index (κ2) is 12.4. The third kappa shape index (κ3) is 7.58. The van der Waals surface area contributed by atoms with Crippen LogP contribution in [0.25, 0.3) is 0 Å². The van der Waals surface area contributed by atoms with Crippen LogP contribution in [0.2, 0.25) is 0 Å². The Labute approximate surface area is 209 Å². The van der Waals surface area contributed by atoms with Gasteiger partial charge in [-0.25, -0.2) is 4.79 Å². The Morgan fingerprint density at radius 2 is 1.60 bits per heavy atom. The van der Waals surface area contributed by atoms with Crippen molar-refractivity contribution in [2.75, 3.05) is 44.8 Å². The molecule has 2 N–H and O–H groups in total. The lowest BCUT2D eigenvalue weighted by Crippen LogP contribution is -2.38. The number of para-hydroxylation sites is 1. The second-order valence-corrected chi connectivity index (χ2v) is 9.24. The van der Waals surface area contributed by atoms with Crippen molar-refractivity contribution < 1.29 is 24.2 Å². The van der Waals surface area contributed by atoms with E-state index in [2.05, 4.69) is 10.2 Å². The molecule has 3 aromatic carbocycles. The number of morpholine rings is 1. The average molecular weight is 493 g/mol. The minimum Gasteiger partial charge on any atom is -0.492 e. The highest BCUT2D eigenvalue weighted by Gasteiger charge is 2.12. The Hall–Kier alpha value is -3.33. The summed E-state index contributed by atoms with van der Waals surface area (Å²) in [5.74, 6) is -0.480. The van der Waals surface area contributed by atoms with Gasteiger partial charge in [-0.1, -0.05) is 36.0 Å². The zero-order valence-electron chi connectivity index (χ0n) is 19.3. The number of carbonyl (C=O) groups is 2. The molecule has 1 aliphatic heterocycles. The number of aromatic carboxylic acids is 1. The summed E-state index contributed by atoms with van der Waals surface area (Å²) >= 11 is 1.63. The molecule has 3 aromatic rings. The highest BCUT2D eigenvalue weighted by Crippen LogP contribution is 2.29. The number of hydrogen-bond donors (Lipinski definition) is 2. The fraction of sp³-hybridized carbons (Fsp3) is 0.259. The summed E-state index contributed by atoms with van der Waals surface area (Å²) in [4.78, 5) is 28.2. The van der Waals surface area contributed by atoms with Gasteiger partial charge >= 0.3 is 5.97 Å². The fourth-order valence-electron chi connectivity index (χ4n) is 3.69. The Bertz CT molecular complexity index is 1130. The summed E-state index contributed by atoms with van der Waals surface area (Å²) in [5.41, 5.74) is 1.22. The van der Waals surface area contributed by atoms with E-state index in [1.54, 1.807) is 30.0 Å². The second-order valence-electron chi connectivity index (χ2n) is 8.10. The molecule has 0 aliphatic carbocycles. The molecular formula is C27H28N2O5S. The van der Waals surface area contributed by atoms with E-state index >= 15 is 0 Å². The topological polar surface area (TPSA) is 88.1 Å². The lowest BCUT2D eigenvalue weighted by Gasteiger charge is -2.26. The Balaban J connectivity index is 1.24. The van der Waals surface area contributed by atoms with Gasteiger partial charge in [-0.3, -0.25) is 9.69 Å². The van der Waals surface area contributed by atoms with Crippen LogP contribution in [0.5, 0.6) is 5.75 Å². The number of carboxylic acids is 1. The van der Waals surface area contributed by atoms with Gasteiger partial charge in [0.05, 0.1) is 30.9 Å². The van der Waals surface area contributed by atoms with Gasteiger partial charge in [-0.2, -0.15) is 0 Å². The monoisotopic (exact) mass is 492 g/mol. The third-order valence-corrected chi connectivity index (χ3v) is 6.57. The first-order valence-corrected chi connectivity index (χ1v) is 12.3. The van der Waals surface area contributed by atoms with Gasteiger partial charge in [0.2, 0.25) is 5.91 Å². The van der Waals surface area contributed by atoms with Crippen LogP contribution in [-0.4, -0.2) is 61.3 Å². The highest BCUT2D eigenvalue weighted by atomic mass is 32.2. The van der Waals surface area contributed by atoms with Crippen LogP contribution in [0.15, 0.2) is 82.6 Å². The number of rotatable bonds is 10. The summed E-state index contributed by atoms with van der Waals surface area (Å²) in [6, 6.07) is 22.2. The van der Waals surface area contributed by atoms with Crippen molar-refractivity contribution in [3.05, 3.63) is 83.9 Å². The minimum atomic E-state index is -1.07. The van der Waals surface area contributed by atoms with Gasteiger partial charge in [-0.05, 0) is 54.1 Å². The van der Waals surface area contributed by atoms with Gasteiger partial charge < -0.3 is 19.9 Å². The van der Waals surface area contributed by atoms with Crippen LogP contribution in [0.1, 0.15) is 15.9 Å². The third-order valence-electron chi connectivity index (χ3n) is 5.56. The predicted octanol–water partition coefficient (Wildman–Crippen LogP) is 4.43. The molecule has 0 unspecified atom stereocenters. The molecule has 0 saturated carbocycles. The van der Waals surface area contributed by atoms with Crippen molar-refractivity contribution in [3.63, 3.8) is 0 Å². The van der Waals surface area contributed by atoms with E-state index in [1.807, 2.05) is 48.5 Å². The van der Waals surface area contributed by atoms with Crippen molar-refractivity contribution in [2.24, 2.45) is 0 Å². The summed E-state index contributed by atoms with van der Waals surface area (Å²) in [5, 5.41) is 11.9. The lowest BCUT2D eigenvalue weighted by molar-refractivity contribution is -0.115. The van der Waals surface area contributed by atoms with E-state index in [-0.39, 0.29) is 17.9 Å². The number of benzene rings is 3. The normalized spacial score (nSPS) is 13.8. The summed E-state index contributed by atoms with van der Waals surface area (Å²) in [6.45, 7) is 5.06. The average Bonchev–Trinajstić information content (AvgIpc) is 2.87. The number of nitrogens with one attached hydrogen (secondary N) is 1. The largest absolute Gasteiger partial charge is 0.492 e. The maximum Gasteiger partial charge on any atom is 0.337 e. The first-order valence-electron chi connectivity index (χ1n) is 11.5. The van der Waals surface area contributed by atoms with E-state index in [9.17, 15) is 14.7 Å². The minimum absolute atomic E-state index is 0.0705. The maximum absolute atomic E-state index is 12.4. The molecule has 0 atom stereocenters. The zero-order valence-corrected chi connectivity index (χ0v) is 20.1. The standard InChI is InChI=1S/C27H28N2O5S/c30-26(28-25-4-2-1-3-24(25)27(31)32)19-20-5-9-22(10-6-20)35-23-11-7-21(8-12-23)34-18-15-29-13-16-33-17-14-29/h1-12H,13-19H2,(H,28,30)(H,31,32). The van der Waals surface area contributed by atoms with Gasteiger partial charge in [0, 0.05) is 29.4 Å². The molecule has 1 fully saturated rings. The van der Waals surface area contributed by atoms with Gasteiger partial charge in [0.1, 0.15) is 12.4 Å². The molecule has 0 bridgehead atoms. The van der Waals surface area contributed by atoms with E-state index < -0.39 is 5.97 Å². The lowest BCUT2D eigenvalue weighted by atomic mass is 10.1. The van der Waals surface area contributed by atoms with E-state index in [0.717, 1.165) is 54.0 Å². The molecule has 8 heteroatoms. The van der Waals surface area contributed by atoms with Crippen molar-refractivity contribution in [1.29, 1.82) is 0 Å². The summed E-state index contributed by atoms with van der Waals surface area (Å²) < 4.78 is 11.2. The molecule has 0 radical (unpaired) electrons. The van der Waals surface area contributed by atoms with Crippen LogP contribution in [0.4, 0.5) is 5.69 Å². The SMILES string of the molecule is O=C(Cc1ccc(Sc2ccc(OCCN3CCOCC3)cc2)cc1)Nc1ccccc1C(=O)O. The molecule has 0 spiro atoms. The predicted molar refractivity (Wildman–Crippen MR) is 135 cm³/mol. The molecule has 1 heterocycles. The molecule has 0 aromatic heterocycles. The summed E-state index contributed by atoms with van der Waals surface area (Å²) in [6.07, 6.45) is 0.162. The molecule has 1 aliphatic rings. The molecule has 7 nitrogen and oxygen atoms in total. The van der Waals surface area contributed by atoms with Crippen LogP contribution >= 0.6 is 11.8 Å². The van der Waals surface area contributed by atoms with Crippen LogP contribution in [-0.2, 0) is 16.0 Å². The molecule has 1 saturated heterocycles.